The van der Waals surface area contributed by atoms with Gasteiger partial charge >= 0.3 is 189 Å². The summed E-state index contributed by atoms with van der Waals surface area (Å²) in [7, 11) is -1.78. The van der Waals surface area contributed by atoms with Gasteiger partial charge in [-0.15, -0.1) is 0 Å². The molecule has 0 spiro atoms. The summed E-state index contributed by atoms with van der Waals surface area (Å²) in [5, 5.41) is 18.0. The number of rotatable bonds is 8. The van der Waals surface area contributed by atoms with Gasteiger partial charge in [-0.25, -0.2) is 4.39 Å². The van der Waals surface area contributed by atoms with E-state index in [9.17, 15) is 8.78 Å². The van der Waals surface area contributed by atoms with Crippen LogP contribution in [0.25, 0.3) is 32.3 Å². The second-order valence-electron chi connectivity index (χ2n) is 10.6. The van der Waals surface area contributed by atoms with Crippen molar-refractivity contribution in [1.29, 1.82) is 0 Å². The second-order valence-corrected chi connectivity index (χ2v) is 16.6. The molecule has 2 heterocycles. The summed E-state index contributed by atoms with van der Waals surface area (Å²) in [5.41, 5.74) is 6.89. The van der Waals surface area contributed by atoms with E-state index in [1.807, 2.05) is 48.5 Å². The summed E-state index contributed by atoms with van der Waals surface area (Å²) >= 11 is 4.26. The number of hydrogen-bond donors (Lipinski definition) is 2. The van der Waals surface area contributed by atoms with Crippen molar-refractivity contribution in [3.8, 4) is 32.3 Å². The SMILES string of the molecule is Brc1ccc[se]1.CCCc1ccc(-c2ccc(-c3ccc[se]3)c(F)c2)cc1.CCCc1ccc(-c2ccc(B(O)O)c(F)c2)cc1. The van der Waals surface area contributed by atoms with Crippen molar-refractivity contribution in [3.63, 3.8) is 0 Å². The fraction of sp³-hybridized carbons (Fsp3) is 0.158. The van der Waals surface area contributed by atoms with Crippen LogP contribution in [0, 0.1) is 11.6 Å². The molecule has 236 valence electrons. The zero-order valence-electron chi connectivity index (χ0n) is 25.8. The third-order valence-electron chi connectivity index (χ3n) is 7.17. The average Bonchev–Trinajstić information content (AvgIpc) is 3.77. The van der Waals surface area contributed by atoms with E-state index in [1.165, 1.54) is 26.6 Å². The second kappa shape index (κ2) is 18.5. The van der Waals surface area contributed by atoms with Crippen LogP contribution in [0.4, 0.5) is 8.78 Å². The molecule has 0 unspecified atom stereocenters. The van der Waals surface area contributed by atoms with Crippen molar-refractivity contribution >= 4 is 57.5 Å². The molecule has 0 amide bonds. The van der Waals surface area contributed by atoms with E-state index in [4.69, 9.17) is 10.0 Å². The van der Waals surface area contributed by atoms with Crippen molar-refractivity contribution in [1.82, 2.24) is 0 Å². The summed E-state index contributed by atoms with van der Waals surface area (Å²) in [6, 6.07) is 34.6. The molecule has 0 saturated carbocycles. The smallest absolute Gasteiger partial charge is 0.423 e. The Morgan fingerprint density at radius 1 is 0.609 bits per heavy atom. The van der Waals surface area contributed by atoms with Gasteiger partial charge < -0.3 is 10.0 Å². The Morgan fingerprint density at radius 2 is 1.11 bits per heavy atom. The first kappa shape index (κ1) is 36.0. The van der Waals surface area contributed by atoms with Gasteiger partial charge in [-0.1, -0.05) is 49.7 Å². The third kappa shape index (κ3) is 10.6. The maximum Gasteiger partial charge on any atom is 0.491 e. The predicted molar refractivity (Wildman–Crippen MR) is 195 cm³/mol. The minimum Gasteiger partial charge on any atom is -0.423 e. The molecule has 6 aromatic rings. The maximum absolute atomic E-state index is 14.3. The van der Waals surface area contributed by atoms with Crippen LogP contribution in [0.15, 0.2) is 122 Å². The summed E-state index contributed by atoms with van der Waals surface area (Å²) in [5.74, 6) is -0.730. The van der Waals surface area contributed by atoms with Gasteiger partial charge in [0.15, 0.2) is 0 Å². The van der Waals surface area contributed by atoms with Crippen LogP contribution in [0.3, 0.4) is 0 Å². The Bertz CT molecular complexity index is 1760. The van der Waals surface area contributed by atoms with E-state index < -0.39 is 12.9 Å². The van der Waals surface area contributed by atoms with Gasteiger partial charge in [-0.2, -0.15) is 0 Å². The van der Waals surface area contributed by atoms with Gasteiger partial charge in [0, 0.05) is 5.46 Å². The van der Waals surface area contributed by atoms with E-state index in [0.29, 0.717) is 14.5 Å². The van der Waals surface area contributed by atoms with Gasteiger partial charge in [-0.3, -0.25) is 0 Å². The zero-order valence-corrected chi connectivity index (χ0v) is 30.8. The number of halogens is 3. The molecular weight excluding hydrogens is 775 g/mol. The third-order valence-corrected chi connectivity index (χ3v) is 11.7. The Morgan fingerprint density at radius 3 is 1.50 bits per heavy atom. The molecule has 0 aliphatic heterocycles. The molecule has 46 heavy (non-hydrogen) atoms. The molecule has 4 aromatic carbocycles. The van der Waals surface area contributed by atoms with Crippen LogP contribution < -0.4 is 5.46 Å². The Labute approximate surface area is 291 Å². The zero-order chi connectivity index (χ0) is 32.9. The van der Waals surface area contributed by atoms with Crippen molar-refractivity contribution in [2.45, 2.75) is 39.5 Å². The monoisotopic (exact) mass is 812 g/mol. The van der Waals surface area contributed by atoms with Crippen LogP contribution in [-0.4, -0.2) is 46.2 Å². The molecule has 0 aliphatic rings. The molecule has 2 aromatic heterocycles. The molecule has 0 aliphatic carbocycles. The van der Waals surface area contributed by atoms with E-state index in [0.717, 1.165) is 57.9 Å². The molecule has 0 radical (unpaired) electrons. The topological polar surface area (TPSA) is 40.5 Å². The van der Waals surface area contributed by atoms with Crippen molar-refractivity contribution < 1.29 is 18.8 Å². The first-order valence-corrected chi connectivity index (χ1v) is 19.6. The van der Waals surface area contributed by atoms with E-state index in [1.54, 1.807) is 12.1 Å². The standard InChI is InChI=1S/C19H17FSe.C15H16BFO2.C4H3BrSe/c1-2-4-14-6-8-15(9-7-14)16-10-11-17(18(20)13-16)19-5-3-12-21-19;1-2-3-11-4-6-12(7-5-11)13-8-9-14(16(18)19)15(17)10-13;5-4-2-1-3-6-4/h3,5-13H,2,4H2,1H3;4-10,18-19H,2-3H2,1H3;1-3H. The van der Waals surface area contributed by atoms with E-state index >= 15 is 0 Å². The Hall–Kier alpha value is -2.80. The van der Waals surface area contributed by atoms with E-state index in [-0.39, 0.29) is 25.8 Å². The van der Waals surface area contributed by atoms with Gasteiger partial charge in [0.05, 0.1) is 0 Å². The molecule has 2 nitrogen and oxygen atoms in total. The Kier molecular flexibility index (Phi) is 14.5. The summed E-state index contributed by atoms with van der Waals surface area (Å²) in [4.78, 5) is 4.29. The van der Waals surface area contributed by atoms with E-state index in [2.05, 4.69) is 76.1 Å². The van der Waals surface area contributed by atoms with Crippen molar-refractivity contribution in [2.75, 3.05) is 0 Å². The Balaban J connectivity index is 0.000000177. The summed E-state index contributed by atoms with van der Waals surface area (Å²) in [6.07, 6.45) is 4.37. The number of benzene rings is 4. The molecule has 0 saturated heterocycles. The molecule has 6 rings (SSSR count). The van der Waals surface area contributed by atoms with Crippen molar-refractivity contribution in [3.05, 3.63) is 145 Å². The quantitative estimate of drug-likeness (QED) is 0.151. The number of aryl methyl sites for hydroxylation is 2. The van der Waals surface area contributed by atoms with Crippen molar-refractivity contribution in [2.24, 2.45) is 0 Å². The summed E-state index contributed by atoms with van der Waals surface area (Å²) in [6.45, 7) is 4.30. The largest absolute Gasteiger partial charge is 0.491 e. The normalized spacial score (nSPS) is 10.4. The van der Waals surface area contributed by atoms with Gasteiger partial charge in [0.2, 0.25) is 0 Å². The van der Waals surface area contributed by atoms with Crippen LogP contribution in [-0.2, 0) is 12.8 Å². The number of hydrogen-bond acceptors (Lipinski definition) is 2. The van der Waals surface area contributed by atoms with Gasteiger partial charge in [-0.05, 0) is 29.2 Å². The fourth-order valence-corrected chi connectivity index (χ4v) is 8.03. The van der Waals surface area contributed by atoms with Gasteiger partial charge in [0.1, 0.15) is 5.82 Å². The van der Waals surface area contributed by atoms with Crippen LogP contribution in [0.1, 0.15) is 37.8 Å². The van der Waals surface area contributed by atoms with Crippen LogP contribution >= 0.6 is 15.9 Å². The maximum atomic E-state index is 14.3. The first-order chi connectivity index (χ1) is 22.3. The predicted octanol–water partition coefficient (Wildman–Crippen LogP) is 8.80. The molecular formula is C38H36BBrF2O2Se2. The molecule has 0 fully saturated rings. The molecule has 0 atom stereocenters. The average molecular weight is 811 g/mol. The van der Waals surface area contributed by atoms with Crippen LogP contribution in [0.2, 0.25) is 0 Å². The minimum atomic E-state index is -1.78. The fourth-order valence-electron chi connectivity index (χ4n) is 4.81. The summed E-state index contributed by atoms with van der Waals surface area (Å²) < 4.78 is 30.5. The molecule has 0 bridgehead atoms. The minimum absolute atomic E-state index is 0.105. The first-order valence-electron chi connectivity index (χ1n) is 15.2. The molecule has 8 heteroatoms. The van der Waals surface area contributed by atoms with Crippen LogP contribution in [0.5, 0.6) is 0 Å². The van der Waals surface area contributed by atoms with Gasteiger partial charge in [0.25, 0.3) is 0 Å². The molecule has 2 N–H and O–H groups in total.